The Kier molecular flexibility index (Phi) is 5.45. The van der Waals surface area contributed by atoms with E-state index in [0.717, 1.165) is 37.5 Å². The van der Waals surface area contributed by atoms with Crippen LogP contribution >= 0.6 is 0 Å². The van der Waals surface area contributed by atoms with E-state index in [-0.39, 0.29) is 29.6 Å². The molecule has 1 amide bonds. The molecule has 4 aliphatic rings. The van der Waals surface area contributed by atoms with Crippen LogP contribution in [-0.4, -0.2) is 98.1 Å². The fourth-order valence-electron chi connectivity index (χ4n) is 6.01. The topological polar surface area (TPSA) is 39.3 Å². The first kappa shape index (κ1) is 20.2. The Hall–Kier alpha value is -1.70. The second-order valence-corrected chi connectivity index (χ2v) is 9.54. The number of piperazine rings is 1. The summed E-state index contributed by atoms with van der Waals surface area (Å²) in [5, 5.41) is 0. The number of likely N-dealkylation sites (tertiary alicyclic amines) is 2. The molecule has 0 N–H and O–H groups in total. The van der Waals surface area contributed by atoms with Gasteiger partial charge in [-0.3, -0.25) is 14.6 Å². The van der Waals surface area contributed by atoms with Crippen molar-refractivity contribution in [2.24, 2.45) is 11.8 Å². The molecule has 0 aliphatic carbocycles. The summed E-state index contributed by atoms with van der Waals surface area (Å²) in [6.45, 7) is 7.15. The molecule has 6 nitrogen and oxygen atoms in total. The maximum atomic E-state index is 13.9. The molecule has 3 saturated heterocycles. The van der Waals surface area contributed by atoms with Crippen molar-refractivity contribution in [3.8, 4) is 5.75 Å². The molecule has 164 valence electrons. The molecule has 1 aromatic rings. The molecule has 0 saturated carbocycles. The molecular weight excluding hydrogens is 383 g/mol. The van der Waals surface area contributed by atoms with Crippen molar-refractivity contribution in [3.63, 3.8) is 0 Å². The maximum Gasteiger partial charge on any atom is 0.227 e. The summed E-state index contributed by atoms with van der Waals surface area (Å²) in [6, 6.07) is 5.46. The molecule has 1 aromatic carbocycles. The average molecular weight is 417 g/mol. The Morgan fingerprint density at radius 3 is 2.53 bits per heavy atom. The Balaban J connectivity index is 1.23. The zero-order chi connectivity index (χ0) is 20.8. The van der Waals surface area contributed by atoms with Crippen molar-refractivity contribution >= 4 is 5.91 Å². The van der Waals surface area contributed by atoms with E-state index in [2.05, 4.69) is 26.6 Å². The first-order valence-electron chi connectivity index (χ1n) is 11.3. The first-order valence-corrected chi connectivity index (χ1v) is 11.3. The van der Waals surface area contributed by atoms with E-state index in [9.17, 15) is 9.18 Å². The van der Waals surface area contributed by atoms with Gasteiger partial charge in [0.25, 0.3) is 0 Å². The van der Waals surface area contributed by atoms with Gasteiger partial charge in [-0.1, -0.05) is 0 Å². The first-order chi connectivity index (χ1) is 14.5. The number of piperidine rings is 1. The van der Waals surface area contributed by atoms with E-state index < -0.39 is 0 Å². The maximum absolute atomic E-state index is 13.9. The van der Waals surface area contributed by atoms with Crippen LogP contribution in [0.2, 0.25) is 0 Å². The van der Waals surface area contributed by atoms with Crippen molar-refractivity contribution in [1.29, 1.82) is 0 Å². The molecule has 3 atom stereocenters. The second kappa shape index (κ2) is 8.09. The number of rotatable bonds is 2. The molecule has 5 rings (SSSR count). The molecule has 0 spiro atoms. The highest BCUT2D eigenvalue weighted by atomic mass is 19.1. The standard InChI is InChI=1S/C23H33FN4O2/c1-25-7-5-17(6-8-25)27-9-11-28(12-10-27)23(29)19-14-26(2)22-18-13-16(24)3-4-21(18)30-15-20(19)22/h3-4,13,17,19-20,22H,5-12,14-15H2,1-2H3/t19-,20+,22+/m1/s1. The fourth-order valence-corrected chi connectivity index (χ4v) is 6.01. The normalized spacial score (nSPS) is 31.3. The van der Waals surface area contributed by atoms with Gasteiger partial charge in [0, 0.05) is 56.3 Å². The minimum atomic E-state index is -0.244. The Morgan fingerprint density at radius 2 is 1.80 bits per heavy atom. The van der Waals surface area contributed by atoms with Gasteiger partial charge in [0.2, 0.25) is 5.91 Å². The molecular formula is C23H33FN4O2. The lowest BCUT2D eigenvalue weighted by atomic mass is 9.84. The molecule has 0 aromatic heterocycles. The summed E-state index contributed by atoms with van der Waals surface area (Å²) in [7, 11) is 4.24. The van der Waals surface area contributed by atoms with Crippen molar-refractivity contribution in [1.82, 2.24) is 19.6 Å². The molecule has 4 aliphatic heterocycles. The minimum absolute atomic E-state index is 0.0546. The fraction of sp³-hybridized carbons (Fsp3) is 0.696. The smallest absolute Gasteiger partial charge is 0.227 e. The lowest BCUT2D eigenvalue weighted by molar-refractivity contribution is -0.139. The molecule has 0 bridgehead atoms. The third kappa shape index (κ3) is 3.61. The van der Waals surface area contributed by atoms with Crippen LogP contribution in [0.5, 0.6) is 5.75 Å². The summed E-state index contributed by atoms with van der Waals surface area (Å²) in [5.41, 5.74) is 0.885. The van der Waals surface area contributed by atoms with Gasteiger partial charge >= 0.3 is 0 Å². The number of ether oxygens (including phenoxy) is 1. The number of benzene rings is 1. The zero-order valence-electron chi connectivity index (χ0n) is 18.1. The van der Waals surface area contributed by atoms with Crippen molar-refractivity contribution in [2.75, 3.05) is 66.5 Å². The van der Waals surface area contributed by atoms with Crippen LogP contribution in [0, 0.1) is 17.7 Å². The molecule has 0 unspecified atom stereocenters. The minimum Gasteiger partial charge on any atom is -0.493 e. The van der Waals surface area contributed by atoms with E-state index in [1.807, 2.05) is 7.05 Å². The molecule has 30 heavy (non-hydrogen) atoms. The quantitative estimate of drug-likeness (QED) is 0.734. The van der Waals surface area contributed by atoms with Crippen molar-refractivity contribution in [3.05, 3.63) is 29.6 Å². The Bertz CT molecular complexity index is 789. The summed E-state index contributed by atoms with van der Waals surface area (Å²) in [6.07, 6.45) is 2.46. The van der Waals surface area contributed by atoms with E-state index in [0.29, 0.717) is 19.2 Å². The van der Waals surface area contributed by atoms with Gasteiger partial charge in [-0.2, -0.15) is 0 Å². The third-order valence-corrected chi connectivity index (χ3v) is 7.75. The largest absolute Gasteiger partial charge is 0.493 e. The van der Waals surface area contributed by atoms with Crippen LogP contribution in [0.3, 0.4) is 0 Å². The van der Waals surface area contributed by atoms with Gasteiger partial charge in [0.1, 0.15) is 11.6 Å². The lowest BCUT2D eigenvalue weighted by Gasteiger charge is -2.43. The highest BCUT2D eigenvalue weighted by Crippen LogP contribution is 2.47. The Labute approximate surface area is 178 Å². The summed E-state index contributed by atoms with van der Waals surface area (Å²) < 4.78 is 19.8. The van der Waals surface area contributed by atoms with Gasteiger partial charge in [0.15, 0.2) is 0 Å². The van der Waals surface area contributed by atoms with E-state index in [4.69, 9.17) is 4.74 Å². The monoisotopic (exact) mass is 416 g/mol. The predicted molar refractivity (Wildman–Crippen MR) is 113 cm³/mol. The third-order valence-electron chi connectivity index (χ3n) is 7.75. The number of halogens is 1. The van der Waals surface area contributed by atoms with Gasteiger partial charge < -0.3 is 14.5 Å². The molecule has 0 radical (unpaired) electrons. The second-order valence-electron chi connectivity index (χ2n) is 9.54. The SMILES string of the molecule is CN1CCC(N2CCN(C(=O)[C@@H]3CN(C)[C@H]4c5cc(F)ccc5OC[C@@H]34)CC2)CC1. The van der Waals surface area contributed by atoms with E-state index >= 15 is 0 Å². The van der Waals surface area contributed by atoms with Gasteiger partial charge in [-0.05, 0) is 58.2 Å². The van der Waals surface area contributed by atoms with Crippen LogP contribution in [-0.2, 0) is 4.79 Å². The van der Waals surface area contributed by atoms with Crippen molar-refractivity contribution in [2.45, 2.75) is 24.9 Å². The van der Waals surface area contributed by atoms with Crippen LogP contribution in [0.25, 0.3) is 0 Å². The average Bonchev–Trinajstić information content (AvgIpc) is 3.11. The van der Waals surface area contributed by atoms with E-state index in [1.165, 1.54) is 32.0 Å². The number of hydrogen-bond acceptors (Lipinski definition) is 5. The summed E-state index contributed by atoms with van der Waals surface area (Å²) in [4.78, 5) is 22.7. The molecule has 3 fully saturated rings. The Morgan fingerprint density at radius 1 is 1.07 bits per heavy atom. The highest BCUT2D eigenvalue weighted by Gasteiger charge is 2.49. The number of fused-ring (bicyclic) bond motifs is 3. The van der Waals surface area contributed by atoms with E-state index in [1.54, 1.807) is 12.1 Å². The van der Waals surface area contributed by atoms with Crippen LogP contribution in [0.1, 0.15) is 24.4 Å². The number of carbonyl (C=O) groups is 1. The number of hydrogen-bond donors (Lipinski definition) is 0. The predicted octanol–water partition coefficient (Wildman–Crippen LogP) is 1.68. The molecule has 7 heteroatoms. The highest BCUT2D eigenvalue weighted by molar-refractivity contribution is 5.80. The van der Waals surface area contributed by atoms with Crippen LogP contribution in [0.4, 0.5) is 4.39 Å². The van der Waals surface area contributed by atoms with Gasteiger partial charge in [0.05, 0.1) is 12.5 Å². The lowest BCUT2D eigenvalue weighted by Crippen LogP contribution is -2.55. The number of amides is 1. The number of carbonyl (C=O) groups excluding carboxylic acids is 1. The molecule has 4 heterocycles. The summed E-state index contributed by atoms with van der Waals surface area (Å²) in [5.74, 6) is 0.770. The van der Waals surface area contributed by atoms with Crippen LogP contribution < -0.4 is 4.74 Å². The summed E-state index contributed by atoms with van der Waals surface area (Å²) >= 11 is 0. The van der Waals surface area contributed by atoms with Crippen molar-refractivity contribution < 1.29 is 13.9 Å². The zero-order valence-corrected chi connectivity index (χ0v) is 18.1. The van der Waals surface area contributed by atoms with Crippen LogP contribution in [0.15, 0.2) is 18.2 Å². The van der Waals surface area contributed by atoms with Gasteiger partial charge in [-0.15, -0.1) is 0 Å². The van der Waals surface area contributed by atoms with Gasteiger partial charge in [-0.25, -0.2) is 4.39 Å². The number of nitrogens with zero attached hydrogens (tertiary/aromatic N) is 4.